The molecule has 1 amide bonds. The molecule has 1 aromatic carbocycles. The number of carbonyl (C=O) groups is 2. The molecule has 104 valence electrons. The number of nitrogens with one attached hydrogen (secondary N) is 1. The number of hydrogen-bond acceptors (Lipinski definition) is 3. The van der Waals surface area contributed by atoms with Crippen LogP contribution in [0.15, 0.2) is 22.7 Å². The lowest BCUT2D eigenvalue weighted by atomic mass is 10.1. The second-order valence-corrected chi connectivity index (χ2v) is 4.56. The number of halogens is 2. The summed E-state index contributed by atoms with van der Waals surface area (Å²) in [5.74, 6) is -1.75. The van der Waals surface area contributed by atoms with Crippen LogP contribution in [0.1, 0.15) is 5.56 Å². The number of amides is 1. The maximum atomic E-state index is 13.0. The molecule has 0 aliphatic carbocycles. The number of ether oxygens (including phenoxy) is 1. The standard InChI is InChI=1S/C12H13BrFNO4/c13-10-2-1-9(14)5-8(10)6-11(16)15-3-4-19-7-12(17)18/h1-2,5H,3-4,6-7H2,(H,15,16)(H,17,18). The van der Waals surface area contributed by atoms with Crippen molar-refractivity contribution in [2.75, 3.05) is 19.8 Å². The van der Waals surface area contributed by atoms with Gasteiger partial charge in [-0.25, -0.2) is 9.18 Å². The van der Waals surface area contributed by atoms with E-state index in [1.807, 2.05) is 0 Å². The van der Waals surface area contributed by atoms with Crippen LogP contribution in [0.5, 0.6) is 0 Å². The van der Waals surface area contributed by atoms with E-state index in [9.17, 15) is 14.0 Å². The van der Waals surface area contributed by atoms with Crippen molar-refractivity contribution in [3.05, 3.63) is 34.1 Å². The van der Waals surface area contributed by atoms with Crippen molar-refractivity contribution < 1.29 is 23.8 Å². The Morgan fingerprint density at radius 1 is 1.42 bits per heavy atom. The fourth-order valence-corrected chi connectivity index (χ4v) is 1.72. The first-order chi connectivity index (χ1) is 8.99. The smallest absolute Gasteiger partial charge is 0.329 e. The molecule has 0 aliphatic rings. The van der Waals surface area contributed by atoms with E-state index in [4.69, 9.17) is 9.84 Å². The average Bonchev–Trinajstić information content (AvgIpc) is 2.33. The number of hydrogen-bond donors (Lipinski definition) is 2. The van der Waals surface area contributed by atoms with Gasteiger partial charge < -0.3 is 15.2 Å². The first-order valence-corrected chi connectivity index (χ1v) is 6.28. The van der Waals surface area contributed by atoms with Crippen LogP contribution in [0, 0.1) is 5.82 Å². The summed E-state index contributed by atoms with van der Waals surface area (Å²) < 4.78 is 18.4. The van der Waals surface area contributed by atoms with Crippen molar-refractivity contribution in [1.29, 1.82) is 0 Å². The van der Waals surface area contributed by atoms with Gasteiger partial charge in [0.05, 0.1) is 13.0 Å². The van der Waals surface area contributed by atoms with E-state index in [2.05, 4.69) is 21.2 Å². The van der Waals surface area contributed by atoms with Crippen molar-refractivity contribution in [1.82, 2.24) is 5.32 Å². The Morgan fingerprint density at radius 2 is 2.16 bits per heavy atom. The maximum absolute atomic E-state index is 13.0. The molecule has 19 heavy (non-hydrogen) atoms. The predicted molar refractivity (Wildman–Crippen MR) is 69.3 cm³/mol. The molecule has 0 spiro atoms. The summed E-state index contributed by atoms with van der Waals surface area (Å²) in [6.07, 6.45) is 0.0390. The molecule has 0 atom stereocenters. The molecule has 7 heteroatoms. The highest BCUT2D eigenvalue weighted by Crippen LogP contribution is 2.18. The van der Waals surface area contributed by atoms with Crippen LogP contribution in [-0.4, -0.2) is 36.7 Å². The third-order valence-electron chi connectivity index (χ3n) is 2.15. The first kappa shape index (κ1) is 15.6. The molecule has 0 unspecified atom stereocenters. The number of aliphatic carboxylic acids is 1. The summed E-state index contributed by atoms with van der Waals surface area (Å²) in [4.78, 5) is 21.7. The molecule has 0 fully saturated rings. The van der Waals surface area contributed by atoms with Gasteiger partial charge in [0.25, 0.3) is 0 Å². The van der Waals surface area contributed by atoms with Crippen LogP contribution in [0.2, 0.25) is 0 Å². The van der Waals surface area contributed by atoms with Crippen LogP contribution < -0.4 is 5.32 Å². The molecule has 2 N–H and O–H groups in total. The number of carbonyl (C=O) groups excluding carboxylic acids is 1. The largest absolute Gasteiger partial charge is 0.480 e. The average molecular weight is 334 g/mol. The van der Waals surface area contributed by atoms with Gasteiger partial charge in [-0.3, -0.25) is 4.79 Å². The van der Waals surface area contributed by atoms with E-state index in [0.29, 0.717) is 10.0 Å². The van der Waals surface area contributed by atoms with Crippen LogP contribution in [0.3, 0.4) is 0 Å². The Morgan fingerprint density at radius 3 is 2.84 bits per heavy atom. The van der Waals surface area contributed by atoms with Gasteiger partial charge in [0.2, 0.25) is 5.91 Å². The highest BCUT2D eigenvalue weighted by molar-refractivity contribution is 9.10. The van der Waals surface area contributed by atoms with Gasteiger partial charge in [0.1, 0.15) is 12.4 Å². The van der Waals surface area contributed by atoms with Gasteiger partial charge in [-0.15, -0.1) is 0 Å². The predicted octanol–water partition coefficient (Wildman–Crippen LogP) is 1.35. The summed E-state index contributed by atoms with van der Waals surface area (Å²) in [5.41, 5.74) is 0.545. The minimum absolute atomic E-state index is 0.0390. The molecule has 1 rings (SSSR count). The van der Waals surface area contributed by atoms with Crippen molar-refractivity contribution in [3.63, 3.8) is 0 Å². The Hall–Kier alpha value is -1.47. The number of carboxylic acids is 1. The zero-order valence-corrected chi connectivity index (χ0v) is 11.6. The van der Waals surface area contributed by atoms with E-state index >= 15 is 0 Å². The quantitative estimate of drug-likeness (QED) is 0.738. The third kappa shape index (κ3) is 6.30. The summed E-state index contributed by atoms with van der Waals surface area (Å²) in [5, 5.41) is 10.9. The second kappa shape index (κ2) is 7.85. The van der Waals surface area contributed by atoms with Gasteiger partial charge >= 0.3 is 5.97 Å². The molecule has 0 saturated carbocycles. The number of carboxylic acid groups (broad SMARTS) is 1. The summed E-state index contributed by atoms with van der Waals surface area (Å²) in [7, 11) is 0. The minimum Gasteiger partial charge on any atom is -0.480 e. The van der Waals surface area contributed by atoms with Crippen molar-refractivity contribution in [2.24, 2.45) is 0 Å². The highest BCUT2D eigenvalue weighted by Gasteiger charge is 2.07. The molecular formula is C12H13BrFNO4. The van der Waals surface area contributed by atoms with Crippen LogP contribution in [0.25, 0.3) is 0 Å². The zero-order chi connectivity index (χ0) is 14.3. The molecule has 0 radical (unpaired) electrons. The lowest BCUT2D eigenvalue weighted by Gasteiger charge is -2.07. The summed E-state index contributed by atoms with van der Waals surface area (Å²) in [6, 6.07) is 4.11. The third-order valence-corrected chi connectivity index (χ3v) is 2.93. The van der Waals surface area contributed by atoms with Crippen LogP contribution in [-0.2, 0) is 20.7 Å². The second-order valence-electron chi connectivity index (χ2n) is 3.71. The Kier molecular flexibility index (Phi) is 6.44. The fraction of sp³-hybridized carbons (Fsp3) is 0.333. The Bertz CT molecular complexity index is 467. The van der Waals surface area contributed by atoms with Gasteiger partial charge in [-0.2, -0.15) is 0 Å². The van der Waals surface area contributed by atoms with Gasteiger partial charge in [0, 0.05) is 11.0 Å². The molecule has 5 nitrogen and oxygen atoms in total. The molecule has 0 aliphatic heterocycles. The lowest BCUT2D eigenvalue weighted by molar-refractivity contribution is -0.142. The summed E-state index contributed by atoms with van der Waals surface area (Å²) in [6.45, 7) is -0.0767. The minimum atomic E-state index is -1.06. The number of rotatable bonds is 7. The maximum Gasteiger partial charge on any atom is 0.329 e. The molecule has 0 aromatic heterocycles. The monoisotopic (exact) mass is 333 g/mol. The van der Waals surface area contributed by atoms with Crippen molar-refractivity contribution in [3.8, 4) is 0 Å². The van der Waals surface area contributed by atoms with E-state index in [1.54, 1.807) is 0 Å². The Labute approximate surface area is 117 Å². The van der Waals surface area contributed by atoms with Gasteiger partial charge in [0.15, 0.2) is 0 Å². The summed E-state index contributed by atoms with van der Waals surface area (Å²) >= 11 is 3.23. The van der Waals surface area contributed by atoms with Crippen LogP contribution >= 0.6 is 15.9 Å². The Balaban J connectivity index is 2.31. The van der Waals surface area contributed by atoms with Crippen LogP contribution in [0.4, 0.5) is 4.39 Å². The number of benzene rings is 1. The molecule has 1 aromatic rings. The topological polar surface area (TPSA) is 75.6 Å². The van der Waals surface area contributed by atoms with E-state index in [-0.39, 0.29) is 25.5 Å². The van der Waals surface area contributed by atoms with E-state index in [1.165, 1.54) is 18.2 Å². The van der Waals surface area contributed by atoms with E-state index in [0.717, 1.165) is 0 Å². The fourth-order valence-electron chi connectivity index (χ4n) is 1.34. The SMILES string of the molecule is O=C(O)COCCNC(=O)Cc1cc(F)ccc1Br. The molecule has 0 heterocycles. The van der Waals surface area contributed by atoms with Gasteiger partial charge in [-0.1, -0.05) is 15.9 Å². The zero-order valence-electron chi connectivity index (χ0n) is 9.99. The highest BCUT2D eigenvalue weighted by atomic mass is 79.9. The van der Waals surface area contributed by atoms with Crippen molar-refractivity contribution >= 4 is 27.8 Å². The van der Waals surface area contributed by atoms with E-state index < -0.39 is 18.4 Å². The first-order valence-electron chi connectivity index (χ1n) is 5.49. The van der Waals surface area contributed by atoms with Crippen molar-refractivity contribution in [2.45, 2.75) is 6.42 Å². The normalized spacial score (nSPS) is 10.2. The molecule has 0 saturated heterocycles. The van der Waals surface area contributed by atoms with Gasteiger partial charge in [-0.05, 0) is 23.8 Å². The molecule has 0 bridgehead atoms. The molecular weight excluding hydrogens is 321 g/mol. The lowest BCUT2D eigenvalue weighted by Crippen LogP contribution is -2.29.